The molecule has 0 spiro atoms. The summed E-state index contributed by atoms with van der Waals surface area (Å²) in [5.74, 6) is 1.18. The zero-order chi connectivity index (χ0) is 24.2. The molecule has 0 unspecified atom stereocenters. The lowest BCUT2D eigenvalue weighted by atomic mass is 9.87. The number of carbonyl (C=O) groups excluding carboxylic acids is 2. The van der Waals surface area contributed by atoms with Crippen LogP contribution in [0.1, 0.15) is 46.7 Å². The van der Waals surface area contributed by atoms with E-state index in [1.165, 1.54) is 0 Å². The minimum atomic E-state index is -0.324. The number of ether oxygens (including phenoxy) is 3. The van der Waals surface area contributed by atoms with E-state index < -0.39 is 0 Å². The molecule has 2 aromatic carbocycles. The number of rotatable bonds is 6. The van der Waals surface area contributed by atoms with E-state index >= 15 is 0 Å². The second-order valence-electron chi connectivity index (χ2n) is 9.13. The van der Waals surface area contributed by atoms with Gasteiger partial charge in [-0.2, -0.15) is 0 Å². The summed E-state index contributed by atoms with van der Waals surface area (Å²) < 4.78 is 16.6. The molecule has 7 nitrogen and oxygen atoms in total. The molecule has 2 amide bonds. The highest BCUT2D eigenvalue weighted by Gasteiger charge is 2.43. The Labute approximate surface area is 201 Å². The van der Waals surface area contributed by atoms with Crippen LogP contribution in [-0.4, -0.2) is 69.1 Å². The van der Waals surface area contributed by atoms with Gasteiger partial charge < -0.3 is 24.0 Å². The number of amides is 2. The number of aryl methyl sites for hydroxylation is 1. The molecular weight excluding hydrogens is 432 g/mol. The first-order valence-electron chi connectivity index (χ1n) is 11.9. The van der Waals surface area contributed by atoms with Crippen LogP contribution in [0.3, 0.4) is 0 Å². The van der Waals surface area contributed by atoms with Gasteiger partial charge in [0.15, 0.2) is 11.5 Å². The third-order valence-corrected chi connectivity index (χ3v) is 7.01. The van der Waals surface area contributed by atoms with Crippen molar-refractivity contribution in [2.24, 2.45) is 5.92 Å². The Morgan fingerprint density at radius 2 is 1.44 bits per heavy atom. The monoisotopic (exact) mass is 466 g/mol. The minimum absolute atomic E-state index is 0.0496. The van der Waals surface area contributed by atoms with Crippen LogP contribution in [0.4, 0.5) is 0 Å². The summed E-state index contributed by atoms with van der Waals surface area (Å²) in [7, 11) is 4.74. The van der Waals surface area contributed by atoms with Crippen LogP contribution < -0.4 is 14.2 Å². The van der Waals surface area contributed by atoms with Crippen molar-refractivity contribution in [3.8, 4) is 17.2 Å². The molecule has 0 bridgehead atoms. The van der Waals surface area contributed by atoms with Gasteiger partial charge in [0.25, 0.3) is 5.91 Å². The largest absolute Gasteiger partial charge is 0.493 e. The molecular formula is C27H34N2O5. The molecule has 2 fully saturated rings. The quantitative estimate of drug-likeness (QED) is 0.646. The number of hydrogen-bond donors (Lipinski definition) is 0. The fourth-order valence-electron chi connectivity index (χ4n) is 5.10. The van der Waals surface area contributed by atoms with Crippen molar-refractivity contribution < 1.29 is 23.8 Å². The van der Waals surface area contributed by atoms with Crippen LogP contribution in [0.2, 0.25) is 0 Å². The lowest BCUT2D eigenvalue weighted by Crippen LogP contribution is -2.42. The summed E-state index contributed by atoms with van der Waals surface area (Å²) in [6, 6.07) is 11.4. The SMILES string of the molecule is COc1cc([C@H]2CN(C(=O)c3ccc(C)cc3)C[C@@H]2C(=O)N2CCCCC2)cc(OC)c1OC. The summed E-state index contributed by atoms with van der Waals surface area (Å²) in [5, 5.41) is 0. The Hall–Kier alpha value is -3.22. The molecule has 2 heterocycles. The van der Waals surface area contributed by atoms with Crippen LogP contribution in [0.25, 0.3) is 0 Å². The number of hydrogen-bond acceptors (Lipinski definition) is 5. The molecule has 0 N–H and O–H groups in total. The molecule has 2 aliphatic heterocycles. The van der Waals surface area contributed by atoms with Gasteiger partial charge in [0, 0.05) is 37.7 Å². The van der Waals surface area contributed by atoms with Gasteiger partial charge in [-0.05, 0) is 56.0 Å². The average molecular weight is 467 g/mol. The topological polar surface area (TPSA) is 68.3 Å². The summed E-state index contributed by atoms with van der Waals surface area (Å²) in [4.78, 5) is 30.8. The predicted molar refractivity (Wildman–Crippen MR) is 130 cm³/mol. The Bertz CT molecular complexity index is 1000. The van der Waals surface area contributed by atoms with Crippen molar-refractivity contribution in [3.05, 3.63) is 53.1 Å². The molecule has 2 aromatic rings. The molecule has 0 saturated carbocycles. The minimum Gasteiger partial charge on any atom is -0.493 e. The van der Waals surface area contributed by atoms with Gasteiger partial charge >= 0.3 is 0 Å². The number of benzene rings is 2. The smallest absolute Gasteiger partial charge is 0.253 e. The summed E-state index contributed by atoms with van der Waals surface area (Å²) in [6.07, 6.45) is 3.21. The standard InChI is InChI=1S/C27H34N2O5/c1-18-8-10-19(11-9-18)26(30)29-16-21(22(17-29)27(31)28-12-6-5-7-13-28)20-14-23(32-2)25(34-4)24(15-20)33-3/h8-11,14-15,21-22H,5-7,12-13,16-17H2,1-4H3/t21-,22+/m1/s1. The average Bonchev–Trinajstić information content (AvgIpc) is 3.33. The Morgan fingerprint density at radius 1 is 0.824 bits per heavy atom. The van der Waals surface area contributed by atoms with E-state index in [-0.39, 0.29) is 23.7 Å². The van der Waals surface area contributed by atoms with Gasteiger partial charge in [-0.15, -0.1) is 0 Å². The lowest BCUT2D eigenvalue weighted by Gasteiger charge is -2.31. The van der Waals surface area contributed by atoms with Crippen LogP contribution in [0.5, 0.6) is 17.2 Å². The van der Waals surface area contributed by atoms with Crippen LogP contribution in [-0.2, 0) is 4.79 Å². The molecule has 2 aliphatic rings. The molecule has 2 saturated heterocycles. The molecule has 0 aromatic heterocycles. The van der Waals surface area contributed by atoms with Crippen molar-refractivity contribution in [2.75, 3.05) is 47.5 Å². The Balaban J connectivity index is 1.69. The van der Waals surface area contributed by atoms with Crippen LogP contribution >= 0.6 is 0 Å². The van der Waals surface area contributed by atoms with E-state index in [1.54, 1.807) is 21.3 Å². The third kappa shape index (κ3) is 4.69. The van der Waals surface area contributed by atoms with E-state index in [1.807, 2.05) is 53.1 Å². The second-order valence-corrected chi connectivity index (χ2v) is 9.13. The molecule has 0 aliphatic carbocycles. The third-order valence-electron chi connectivity index (χ3n) is 7.01. The van der Waals surface area contributed by atoms with Crippen molar-refractivity contribution >= 4 is 11.8 Å². The van der Waals surface area contributed by atoms with Crippen molar-refractivity contribution in [2.45, 2.75) is 32.1 Å². The number of nitrogens with zero attached hydrogens (tertiary/aromatic N) is 2. The van der Waals surface area contributed by atoms with E-state index in [0.29, 0.717) is 35.9 Å². The van der Waals surface area contributed by atoms with Gasteiger partial charge in [0.05, 0.1) is 27.2 Å². The fraction of sp³-hybridized carbons (Fsp3) is 0.481. The molecule has 34 heavy (non-hydrogen) atoms. The number of methoxy groups -OCH3 is 3. The fourth-order valence-corrected chi connectivity index (χ4v) is 5.10. The van der Waals surface area contributed by atoms with Crippen LogP contribution in [0.15, 0.2) is 36.4 Å². The zero-order valence-corrected chi connectivity index (χ0v) is 20.5. The molecule has 7 heteroatoms. The summed E-state index contributed by atoms with van der Waals surface area (Å²) in [5.41, 5.74) is 2.65. The maximum atomic E-state index is 13.7. The summed E-state index contributed by atoms with van der Waals surface area (Å²) >= 11 is 0. The maximum Gasteiger partial charge on any atom is 0.253 e. The molecule has 182 valence electrons. The van der Waals surface area contributed by atoms with Crippen LogP contribution in [0, 0.1) is 12.8 Å². The van der Waals surface area contributed by atoms with E-state index in [2.05, 4.69) is 0 Å². The number of carbonyl (C=O) groups is 2. The highest BCUT2D eigenvalue weighted by molar-refractivity contribution is 5.95. The number of likely N-dealkylation sites (tertiary alicyclic amines) is 2. The van der Waals surface area contributed by atoms with Crippen molar-refractivity contribution in [1.29, 1.82) is 0 Å². The maximum absolute atomic E-state index is 13.7. The highest BCUT2D eigenvalue weighted by atomic mass is 16.5. The van der Waals surface area contributed by atoms with Gasteiger partial charge in [0.2, 0.25) is 11.7 Å². The van der Waals surface area contributed by atoms with E-state index in [9.17, 15) is 9.59 Å². The predicted octanol–water partition coefficient (Wildman–Crippen LogP) is 3.89. The van der Waals surface area contributed by atoms with Crippen molar-refractivity contribution in [1.82, 2.24) is 9.80 Å². The van der Waals surface area contributed by atoms with Gasteiger partial charge in [-0.25, -0.2) is 0 Å². The van der Waals surface area contributed by atoms with Gasteiger partial charge in [-0.1, -0.05) is 17.7 Å². The Kier molecular flexibility index (Phi) is 7.29. The van der Waals surface area contributed by atoms with Gasteiger partial charge in [0.1, 0.15) is 0 Å². The normalized spacial score (nSPS) is 20.2. The first kappa shape index (κ1) is 23.9. The van der Waals surface area contributed by atoms with Crippen molar-refractivity contribution in [3.63, 3.8) is 0 Å². The lowest BCUT2D eigenvalue weighted by molar-refractivity contribution is -0.136. The first-order chi connectivity index (χ1) is 16.5. The zero-order valence-electron chi connectivity index (χ0n) is 20.5. The molecule has 2 atom stereocenters. The second kappa shape index (κ2) is 10.4. The first-order valence-corrected chi connectivity index (χ1v) is 11.9. The van der Waals surface area contributed by atoms with E-state index in [4.69, 9.17) is 14.2 Å². The summed E-state index contributed by atoms with van der Waals surface area (Å²) in [6.45, 7) is 4.41. The highest BCUT2D eigenvalue weighted by Crippen LogP contribution is 2.44. The molecule has 4 rings (SSSR count). The number of piperidine rings is 1. The van der Waals surface area contributed by atoms with E-state index in [0.717, 1.165) is 43.5 Å². The van der Waals surface area contributed by atoms with Gasteiger partial charge in [-0.3, -0.25) is 9.59 Å². The Morgan fingerprint density at radius 3 is 2.00 bits per heavy atom. The molecule has 0 radical (unpaired) electrons.